The maximum absolute atomic E-state index is 12.1. The average molecular weight is 289 g/mol. The molecule has 0 aliphatic carbocycles. The van der Waals surface area contributed by atoms with Crippen molar-refractivity contribution < 1.29 is 14.3 Å². The summed E-state index contributed by atoms with van der Waals surface area (Å²) < 4.78 is 10.4. The molecule has 0 heterocycles. The molecular formula is C17H23NO3. The number of hydrogen-bond acceptors (Lipinski definition) is 3. The topological polar surface area (TPSA) is 38.8 Å². The van der Waals surface area contributed by atoms with E-state index >= 15 is 0 Å². The Kier molecular flexibility index (Phi) is 6.53. The Labute approximate surface area is 126 Å². The highest BCUT2D eigenvalue weighted by Crippen LogP contribution is 2.25. The lowest BCUT2D eigenvalue weighted by Gasteiger charge is -2.19. The maximum atomic E-state index is 12.1. The first-order valence-corrected chi connectivity index (χ1v) is 6.85. The van der Waals surface area contributed by atoms with E-state index in [1.54, 1.807) is 37.3 Å². The Hall–Kier alpha value is -2.23. The van der Waals surface area contributed by atoms with Gasteiger partial charge in [0, 0.05) is 30.8 Å². The fourth-order valence-corrected chi connectivity index (χ4v) is 1.89. The summed E-state index contributed by atoms with van der Waals surface area (Å²) in [7, 11) is 3.19. The smallest absolute Gasteiger partial charge is 0.246 e. The van der Waals surface area contributed by atoms with E-state index < -0.39 is 0 Å². The first-order valence-electron chi connectivity index (χ1n) is 6.85. The van der Waals surface area contributed by atoms with Crippen LogP contribution < -0.4 is 9.47 Å². The van der Waals surface area contributed by atoms with Gasteiger partial charge in [0.25, 0.3) is 0 Å². The summed E-state index contributed by atoms with van der Waals surface area (Å²) in [6, 6.07) is 5.48. The van der Waals surface area contributed by atoms with Gasteiger partial charge in [0.05, 0.1) is 14.2 Å². The second-order valence-corrected chi connectivity index (χ2v) is 4.75. The molecule has 1 amide bonds. The van der Waals surface area contributed by atoms with Crippen LogP contribution in [0.2, 0.25) is 0 Å². The van der Waals surface area contributed by atoms with Gasteiger partial charge in [0.2, 0.25) is 5.91 Å². The second-order valence-electron chi connectivity index (χ2n) is 4.75. The van der Waals surface area contributed by atoms with Gasteiger partial charge in [0.15, 0.2) is 0 Å². The number of hydrogen-bond donors (Lipinski definition) is 0. The molecule has 0 atom stereocenters. The van der Waals surface area contributed by atoms with Crippen molar-refractivity contribution >= 4 is 12.0 Å². The van der Waals surface area contributed by atoms with Crippen LogP contribution in [0.25, 0.3) is 6.08 Å². The molecule has 0 radical (unpaired) electrons. The molecule has 21 heavy (non-hydrogen) atoms. The minimum absolute atomic E-state index is 0.0432. The van der Waals surface area contributed by atoms with Crippen LogP contribution in [0.1, 0.15) is 19.4 Å². The Morgan fingerprint density at radius 3 is 2.57 bits per heavy atom. The molecule has 0 saturated heterocycles. The van der Waals surface area contributed by atoms with E-state index in [-0.39, 0.29) is 5.91 Å². The lowest BCUT2D eigenvalue weighted by molar-refractivity contribution is -0.125. The van der Waals surface area contributed by atoms with Gasteiger partial charge >= 0.3 is 0 Å². The van der Waals surface area contributed by atoms with Crippen molar-refractivity contribution in [1.82, 2.24) is 4.90 Å². The molecule has 0 fully saturated rings. The molecule has 114 valence electrons. The summed E-state index contributed by atoms with van der Waals surface area (Å²) in [6.45, 7) is 8.91. The number of amides is 1. The van der Waals surface area contributed by atoms with Gasteiger partial charge in [0.1, 0.15) is 11.5 Å². The molecule has 1 aromatic carbocycles. The summed E-state index contributed by atoms with van der Waals surface area (Å²) in [6.07, 6.45) is 3.30. The number of likely N-dealkylation sites (N-methyl/N-ethyl adjacent to an activating group) is 1. The van der Waals surface area contributed by atoms with Gasteiger partial charge in [-0.2, -0.15) is 0 Å². The zero-order valence-corrected chi connectivity index (χ0v) is 13.2. The molecule has 0 aliphatic heterocycles. The van der Waals surface area contributed by atoms with Crippen LogP contribution >= 0.6 is 0 Å². The third-order valence-corrected chi connectivity index (χ3v) is 3.00. The molecule has 0 bridgehead atoms. The summed E-state index contributed by atoms with van der Waals surface area (Å²) in [5.74, 6) is 1.34. The molecule has 1 aromatic rings. The van der Waals surface area contributed by atoms with Crippen LogP contribution in [0.4, 0.5) is 0 Å². The number of carbonyl (C=O) groups excluding carboxylic acids is 1. The zero-order chi connectivity index (χ0) is 15.8. The van der Waals surface area contributed by atoms with E-state index in [4.69, 9.17) is 9.47 Å². The van der Waals surface area contributed by atoms with Crippen molar-refractivity contribution in [3.05, 3.63) is 42.0 Å². The molecule has 0 aliphatic rings. The summed E-state index contributed by atoms with van der Waals surface area (Å²) in [4.78, 5) is 13.9. The van der Waals surface area contributed by atoms with Crippen LogP contribution in [-0.2, 0) is 4.79 Å². The largest absolute Gasteiger partial charge is 0.497 e. The van der Waals surface area contributed by atoms with Crippen LogP contribution in [0.5, 0.6) is 11.5 Å². The minimum atomic E-state index is -0.0432. The fourth-order valence-electron chi connectivity index (χ4n) is 1.89. The molecular weight excluding hydrogens is 266 g/mol. The Balaban J connectivity index is 2.88. The number of benzene rings is 1. The van der Waals surface area contributed by atoms with Crippen molar-refractivity contribution in [2.75, 3.05) is 27.3 Å². The van der Waals surface area contributed by atoms with E-state index in [2.05, 4.69) is 6.58 Å². The number of rotatable bonds is 7. The summed E-state index contributed by atoms with van der Waals surface area (Å²) in [5, 5.41) is 0. The summed E-state index contributed by atoms with van der Waals surface area (Å²) in [5.41, 5.74) is 1.79. The molecule has 4 nitrogen and oxygen atoms in total. The quantitative estimate of drug-likeness (QED) is 0.572. The van der Waals surface area contributed by atoms with Crippen LogP contribution in [0.3, 0.4) is 0 Å². The average Bonchev–Trinajstić information content (AvgIpc) is 2.49. The lowest BCUT2D eigenvalue weighted by atomic mass is 10.1. The van der Waals surface area contributed by atoms with Gasteiger partial charge in [-0.25, -0.2) is 0 Å². The van der Waals surface area contributed by atoms with E-state index in [0.717, 1.165) is 11.1 Å². The van der Waals surface area contributed by atoms with Crippen molar-refractivity contribution in [2.24, 2.45) is 0 Å². The molecule has 0 aromatic heterocycles. The van der Waals surface area contributed by atoms with Crippen LogP contribution in [-0.4, -0.2) is 38.1 Å². The molecule has 0 saturated carbocycles. The molecule has 1 rings (SSSR count). The Bertz CT molecular complexity index is 535. The Morgan fingerprint density at radius 1 is 1.33 bits per heavy atom. The van der Waals surface area contributed by atoms with E-state index in [9.17, 15) is 4.79 Å². The van der Waals surface area contributed by atoms with Gasteiger partial charge in [-0.3, -0.25) is 4.79 Å². The third-order valence-electron chi connectivity index (χ3n) is 3.00. The highest BCUT2D eigenvalue weighted by Gasteiger charge is 2.09. The normalized spacial score (nSPS) is 10.5. The van der Waals surface area contributed by atoms with E-state index in [0.29, 0.717) is 24.6 Å². The third kappa shape index (κ3) is 4.99. The molecule has 0 unspecified atom stereocenters. The molecule has 0 N–H and O–H groups in total. The van der Waals surface area contributed by atoms with Gasteiger partial charge in [-0.05, 0) is 32.1 Å². The van der Waals surface area contributed by atoms with Crippen molar-refractivity contribution in [3.8, 4) is 11.5 Å². The van der Waals surface area contributed by atoms with Crippen LogP contribution in [0, 0.1) is 0 Å². The standard InChI is InChI=1S/C17H23NO3/c1-6-18(12-13(2)3)17(19)10-8-14-7-9-15(20-4)11-16(14)21-5/h7-11H,2,6,12H2,1,3-5H3/b10-8+. The number of carbonyl (C=O) groups is 1. The first kappa shape index (κ1) is 16.8. The van der Waals surface area contributed by atoms with Crippen molar-refractivity contribution in [3.63, 3.8) is 0 Å². The predicted octanol–water partition coefficient (Wildman–Crippen LogP) is 3.14. The highest BCUT2D eigenvalue weighted by molar-refractivity contribution is 5.92. The monoisotopic (exact) mass is 289 g/mol. The number of ether oxygens (including phenoxy) is 2. The van der Waals surface area contributed by atoms with Gasteiger partial charge < -0.3 is 14.4 Å². The van der Waals surface area contributed by atoms with Gasteiger partial charge in [-0.1, -0.05) is 12.2 Å². The van der Waals surface area contributed by atoms with E-state index in [1.807, 2.05) is 26.0 Å². The number of nitrogens with zero attached hydrogens (tertiary/aromatic N) is 1. The second kappa shape index (κ2) is 8.15. The fraction of sp³-hybridized carbons (Fsp3) is 0.353. The predicted molar refractivity (Wildman–Crippen MR) is 85.6 cm³/mol. The maximum Gasteiger partial charge on any atom is 0.246 e. The van der Waals surface area contributed by atoms with Crippen LogP contribution in [0.15, 0.2) is 36.4 Å². The molecule has 0 spiro atoms. The van der Waals surface area contributed by atoms with Gasteiger partial charge in [-0.15, -0.1) is 0 Å². The first-order chi connectivity index (χ1) is 10.0. The zero-order valence-electron chi connectivity index (χ0n) is 13.2. The van der Waals surface area contributed by atoms with Crippen molar-refractivity contribution in [2.45, 2.75) is 13.8 Å². The summed E-state index contributed by atoms with van der Waals surface area (Å²) >= 11 is 0. The SMILES string of the molecule is C=C(C)CN(CC)C(=O)/C=C/c1ccc(OC)cc1OC. The van der Waals surface area contributed by atoms with Crippen molar-refractivity contribution in [1.29, 1.82) is 0 Å². The minimum Gasteiger partial charge on any atom is -0.497 e. The highest BCUT2D eigenvalue weighted by atomic mass is 16.5. The molecule has 4 heteroatoms. The lowest BCUT2D eigenvalue weighted by Crippen LogP contribution is -2.30. The van der Waals surface area contributed by atoms with E-state index in [1.165, 1.54) is 0 Å². The number of methoxy groups -OCH3 is 2. The Morgan fingerprint density at radius 2 is 2.05 bits per heavy atom.